The molecule has 2 unspecified atom stereocenters. The number of thioether (sulfide) groups is 1. The molecule has 3 saturated carbocycles. The first-order chi connectivity index (χ1) is 12.7. The predicted octanol–water partition coefficient (Wildman–Crippen LogP) is 7.28. The molecule has 0 radical (unpaired) electrons. The summed E-state index contributed by atoms with van der Waals surface area (Å²) < 4.78 is 1.18. The van der Waals surface area contributed by atoms with E-state index in [0.717, 1.165) is 36.3 Å². The summed E-state index contributed by atoms with van der Waals surface area (Å²) in [7, 11) is 0. The average Bonchev–Trinajstić information content (AvgIpc) is 2.66. The third kappa shape index (κ3) is 6.78. The van der Waals surface area contributed by atoms with E-state index in [1.807, 2.05) is 17.8 Å². The number of hydrogen-bond acceptors (Lipinski definition) is 3. The first-order valence-electron chi connectivity index (χ1n) is 11.1. The number of hydrogen-bond donors (Lipinski definition) is 0. The predicted molar refractivity (Wildman–Crippen MR) is 118 cm³/mol. The lowest BCUT2D eigenvalue weighted by atomic mass is 9.69. The van der Waals surface area contributed by atoms with Crippen molar-refractivity contribution in [3.63, 3.8) is 0 Å². The first kappa shape index (κ1) is 20.6. The first-order valence-corrected chi connectivity index (χ1v) is 12.5. The van der Waals surface area contributed by atoms with Crippen molar-refractivity contribution in [2.75, 3.05) is 5.75 Å². The van der Waals surface area contributed by atoms with Crippen LogP contribution in [0.2, 0.25) is 0 Å². The van der Waals surface area contributed by atoms with Gasteiger partial charge in [-0.1, -0.05) is 69.2 Å². The highest BCUT2D eigenvalue weighted by atomic mass is 32.2. The molecule has 0 aromatic carbocycles. The summed E-state index contributed by atoms with van der Waals surface area (Å²) in [6.45, 7) is 0. The van der Waals surface area contributed by atoms with Gasteiger partial charge in [0.1, 0.15) is 0 Å². The summed E-state index contributed by atoms with van der Waals surface area (Å²) in [5, 5.41) is 0. The number of ketones is 1. The van der Waals surface area contributed by atoms with E-state index >= 15 is 0 Å². The molecule has 0 aromatic heterocycles. The number of carbonyl (C=O) groups excluding carboxylic acids is 1. The molecule has 0 heterocycles. The van der Waals surface area contributed by atoms with E-state index in [1.54, 1.807) is 0 Å². The fraction of sp³-hybridized carbons (Fsp3) is 0.826. The van der Waals surface area contributed by atoms with E-state index in [9.17, 15) is 4.79 Å². The van der Waals surface area contributed by atoms with Crippen LogP contribution in [-0.4, -0.2) is 15.7 Å². The molecule has 3 aliphatic carbocycles. The van der Waals surface area contributed by atoms with Gasteiger partial charge in [0.15, 0.2) is 5.78 Å². The minimum atomic E-state index is 0.355. The van der Waals surface area contributed by atoms with Crippen molar-refractivity contribution in [3.05, 3.63) is 11.6 Å². The van der Waals surface area contributed by atoms with Crippen LogP contribution in [0.25, 0.3) is 0 Å². The third-order valence-electron chi connectivity index (χ3n) is 6.80. The Bertz CT molecular complexity index is 504. The Labute approximate surface area is 170 Å². The minimum absolute atomic E-state index is 0.355. The smallest absolute Gasteiger partial charge is 0.155 e. The van der Waals surface area contributed by atoms with Gasteiger partial charge in [-0.05, 0) is 68.1 Å². The maximum Gasteiger partial charge on any atom is 0.155 e. The Hall–Kier alpha value is -0.150. The van der Waals surface area contributed by atoms with Crippen LogP contribution < -0.4 is 0 Å². The molecule has 26 heavy (non-hydrogen) atoms. The van der Waals surface area contributed by atoms with Gasteiger partial charge in [-0.3, -0.25) is 4.79 Å². The average molecular weight is 393 g/mol. The zero-order valence-electron chi connectivity index (χ0n) is 16.3. The van der Waals surface area contributed by atoms with Crippen molar-refractivity contribution in [3.8, 4) is 0 Å². The SMILES string of the molecule is O=C(/C=C1/CCC2CCCCC2C1)CCCSC(=S)CC1CCCCC1. The van der Waals surface area contributed by atoms with Crippen molar-refractivity contribution in [1.29, 1.82) is 0 Å². The zero-order chi connectivity index (χ0) is 18.2. The third-order valence-corrected chi connectivity index (χ3v) is 8.30. The van der Waals surface area contributed by atoms with Crippen LogP contribution in [0.5, 0.6) is 0 Å². The number of rotatable bonds is 7. The van der Waals surface area contributed by atoms with E-state index in [-0.39, 0.29) is 0 Å². The van der Waals surface area contributed by atoms with Crippen LogP contribution in [0, 0.1) is 17.8 Å². The molecule has 0 aliphatic heterocycles. The lowest BCUT2D eigenvalue weighted by molar-refractivity contribution is -0.114. The van der Waals surface area contributed by atoms with Crippen LogP contribution in [0.1, 0.15) is 96.3 Å². The standard InChI is InChI=1S/C23H36OS2/c24-22(16-19-12-13-20-9-4-5-10-21(20)15-19)11-6-14-26-23(25)17-18-7-2-1-3-8-18/h16,18,20-21H,1-15,17H2/b19-16-. The molecule has 0 spiro atoms. The van der Waals surface area contributed by atoms with Gasteiger partial charge >= 0.3 is 0 Å². The fourth-order valence-corrected chi connectivity index (χ4v) is 6.65. The van der Waals surface area contributed by atoms with Crippen molar-refractivity contribution in [2.45, 2.75) is 96.3 Å². The normalized spacial score (nSPS) is 28.7. The quantitative estimate of drug-likeness (QED) is 0.257. The lowest BCUT2D eigenvalue weighted by Gasteiger charge is -2.36. The van der Waals surface area contributed by atoms with Gasteiger partial charge in [-0.25, -0.2) is 0 Å². The highest BCUT2D eigenvalue weighted by Crippen LogP contribution is 2.42. The van der Waals surface area contributed by atoms with Gasteiger partial charge in [0.25, 0.3) is 0 Å². The molecule has 0 aromatic rings. The molecule has 3 rings (SSSR count). The molecule has 0 amide bonds. The summed E-state index contributed by atoms with van der Waals surface area (Å²) in [5.41, 5.74) is 1.44. The van der Waals surface area contributed by atoms with Crippen molar-refractivity contribution < 1.29 is 4.79 Å². The lowest BCUT2D eigenvalue weighted by Crippen LogP contribution is -2.24. The van der Waals surface area contributed by atoms with E-state index < -0.39 is 0 Å². The van der Waals surface area contributed by atoms with Crippen molar-refractivity contribution >= 4 is 34.0 Å². The fourth-order valence-electron chi connectivity index (χ4n) is 5.29. The second-order valence-corrected chi connectivity index (χ2v) is 10.8. The molecule has 3 fully saturated rings. The molecular weight excluding hydrogens is 356 g/mol. The second-order valence-electron chi connectivity index (χ2n) is 8.85. The Kier molecular flexibility index (Phi) is 8.71. The van der Waals surface area contributed by atoms with Gasteiger partial charge < -0.3 is 0 Å². The maximum absolute atomic E-state index is 12.3. The summed E-state index contributed by atoms with van der Waals surface area (Å²) >= 11 is 7.40. The summed E-state index contributed by atoms with van der Waals surface area (Å²) in [6.07, 6.45) is 21.1. The van der Waals surface area contributed by atoms with Crippen LogP contribution in [0.3, 0.4) is 0 Å². The van der Waals surface area contributed by atoms with Crippen molar-refractivity contribution in [2.24, 2.45) is 17.8 Å². The van der Waals surface area contributed by atoms with Crippen molar-refractivity contribution in [1.82, 2.24) is 0 Å². The molecular formula is C23H36OS2. The van der Waals surface area contributed by atoms with Crippen LogP contribution in [-0.2, 0) is 4.79 Å². The number of carbonyl (C=O) groups is 1. The molecule has 3 heteroatoms. The van der Waals surface area contributed by atoms with Crippen LogP contribution >= 0.6 is 24.0 Å². The van der Waals surface area contributed by atoms with Gasteiger partial charge in [0.2, 0.25) is 0 Å². The number of fused-ring (bicyclic) bond motifs is 1. The van der Waals surface area contributed by atoms with Gasteiger partial charge in [-0.15, -0.1) is 11.8 Å². The Morgan fingerprint density at radius 1 is 1.00 bits per heavy atom. The second kappa shape index (κ2) is 11.0. The monoisotopic (exact) mass is 392 g/mol. The van der Waals surface area contributed by atoms with Gasteiger partial charge in [0, 0.05) is 10.6 Å². The molecule has 0 N–H and O–H groups in total. The topological polar surface area (TPSA) is 17.1 Å². The largest absolute Gasteiger partial charge is 0.295 e. The minimum Gasteiger partial charge on any atom is -0.295 e. The summed E-state index contributed by atoms with van der Waals surface area (Å²) in [5.74, 6) is 4.05. The number of allylic oxidation sites excluding steroid dienone is 2. The van der Waals surface area contributed by atoms with Gasteiger partial charge in [0.05, 0.1) is 0 Å². The van der Waals surface area contributed by atoms with E-state index in [1.165, 1.54) is 86.8 Å². The molecule has 1 nitrogen and oxygen atoms in total. The molecule has 0 bridgehead atoms. The highest BCUT2D eigenvalue weighted by Gasteiger charge is 2.29. The van der Waals surface area contributed by atoms with E-state index in [2.05, 4.69) is 0 Å². The molecule has 0 saturated heterocycles. The van der Waals surface area contributed by atoms with Gasteiger partial charge in [-0.2, -0.15) is 0 Å². The Morgan fingerprint density at radius 3 is 2.54 bits per heavy atom. The maximum atomic E-state index is 12.3. The Morgan fingerprint density at radius 2 is 1.73 bits per heavy atom. The van der Waals surface area contributed by atoms with E-state index in [4.69, 9.17) is 12.2 Å². The van der Waals surface area contributed by atoms with Crippen LogP contribution in [0.15, 0.2) is 11.6 Å². The summed E-state index contributed by atoms with van der Waals surface area (Å²) in [4.78, 5) is 12.3. The number of thiocarbonyl (C=S) groups is 1. The van der Waals surface area contributed by atoms with E-state index in [0.29, 0.717) is 12.2 Å². The Balaban J connectivity index is 1.29. The highest BCUT2D eigenvalue weighted by molar-refractivity contribution is 8.23. The molecule has 2 atom stereocenters. The summed E-state index contributed by atoms with van der Waals surface area (Å²) in [6, 6.07) is 0. The molecule has 146 valence electrons. The molecule has 3 aliphatic rings. The zero-order valence-corrected chi connectivity index (χ0v) is 18.0. The van der Waals surface area contributed by atoms with Crippen LogP contribution in [0.4, 0.5) is 0 Å².